The van der Waals surface area contributed by atoms with E-state index >= 15 is 0 Å². The largest absolute Gasteiger partial charge is 0.469 e. The molecule has 0 aliphatic carbocycles. The molecule has 0 saturated carbocycles. The molecular weight excluding hydrogens is 360 g/mol. The van der Waals surface area contributed by atoms with Crippen molar-refractivity contribution in [1.82, 2.24) is 14.8 Å². The number of benzene rings is 1. The lowest BCUT2D eigenvalue weighted by atomic mass is 10.1. The molecule has 7 heteroatoms. The molecule has 3 aromatic rings. The molecule has 0 saturated heterocycles. The molecule has 2 aromatic heterocycles. The molecule has 0 fully saturated rings. The predicted molar refractivity (Wildman–Crippen MR) is 108 cm³/mol. The minimum Gasteiger partial charge on any atom is -0.469 e. The number of rotatable bonds is 5. The number of aryl methyl sites for hydroxylation is 4. The Morgan fingerprint density at radius 2 is 1.85 bits per heavy atom. The van der Waals surface area contributed by atoms with Crippen LogP contribution in [-0.4, -0.2) is 25.9 Å². The number of amides is 1. The van der Waals surface area contributed by atoms with Crippen LogP contribution in [0.5, 0.6) is 0 Å². The van der Waals surface area contributed by atoms with E-state index in [0.29, 0.717) is 5.16 Å². The zero-order chi connectivity index (χ0) is 19.7. The molecule has 0 bridgehead atoms. The first-order valence-electron chi connectivity index (χ1n) is 8.77. The van der Waals surface area contributed by atoms with Gasteiger partial charge in [-0.15, -0.1) is 10.2 Å². The fourth-order valence-electron chi connectivity index (χ4n) is 3.08. The molecule has 0 aliphatic rings. The number of carbonyl (C=O) groups excluding carboxylic acids is 1. The summed E-state index contributed by atoms with van der Waals surface area (Å²) in [6.07, 6.45) is 1.63. The van der Waals surface area contributed by atoms with E-state index in [0.717, 1.165) is 34.0 Å². The van der Waals surface area contributed by atoms with Crippen LogP contribution in [0.2, 0.25) is 0 Å². The average molecular weight is 385 g/mol. The summed E-state index contributed by atoms with van der Waals surface area (Å²) in [4.78, 5) is 12.7. The Balaban J connectivity index is 1.74. The number of anilines is 1. The van der Waals surface area contributed by atoms with E-state index in [1.807, 2.05) is 45.4 Å². The fourth-order valence-corrected chi connectivity index (χ4v) is 3.90. The average Bonchev–Trinajstić information content (AvgIpc) is 3.16. The van der Waals surface area contributed by atoms with E-state index in [4.69, 9.17) is 4.42 Å². The quantitative estimate of drug-likeness (QED) is 0.659. The molecular formula is C20H24N4O2S. The highest BCUT2D eigenvalue weighted by molar-refractivity contribution is 8.00. The normalized spacial score (nSPS) is 12.2. The lowest BCUT2D eigenvalue weighted by Crippen LogP contribution is -2.23. The molecule has 142 valence electrons. The Labute approximate surface area is 163 Å². The SMILES string of the molecule is Cc1cc(C)c(NC(=O)C(C)Sc2nnc(-c3ccoc3C)n2C)c(C)c1. The van der Waals surface area contributed by atoms with Gasteiger partial charge < -0.3 is 14.3 Å². The summed E-state index contributed by atoms with van der Waals surface area (Å²) in [6, 6.07) is 6.01. The summed E-state index contributed by atoms with van der Waals surface area (Å²) < 4.78 is 7.23. The molecule has 1 aromatic carbocycles. The van der Waals surface area contributed by atoms with Crippen molar-refractivity contribution < 1.29 is 9.21 Å². The highest BCUT2D eigenvalue weighted by atomic mass is 32.2. The van der Waals surface area contributed by atoms with Crippen molar-refractivity contribution in [1.29, 1.82) is 0 Å². The van der Waals surface area contributed by atoms with Crippen LogP contribution in [0.1, 0.15) is 29.4 Å². The molecule has 3 rings (SSSR count). The number of aromatic nitrogens is 3. The lowest BCUT2D eigenvalue weighted by Gasteiger charge is -2.16. The zero-order valence-electron chi connectivity index (χ0n) is 16.5. The van der Waals surface area contributed by atoms with Gasteiger partial charge in [0, 0.05) is 12.7 Å². The van der Waals surface area contributed by atoms with E-state index < -0.39 is 0 Å². The zero-order valence-corrected chi connectivity index (χ0v) is 17.3. The molecule has 0 spiro atoms. The van der Waals surface area contributed by atoms with Gasteiger partial charge >= 0.3 is 0 Å². The van der Waals surface area contributed by atoms with E-state index in [1.54, 1.807) is 6.26 Å². The Morgan fingerprint density at radius 3 is 2.44 bits per heavy atom. The van der Waals surface area contributed by atoms with E-state index in [9.17, 15) is 4.79 Å². The van der Waals surface area contributed by atoms with Crippen LogP contribution in [0.15, 0.2) is 34.0 Å². The molecule has 27 heavy (non-hydrogen) atoms. The number of hydrogen-bond acceptors (Lipinski definition) is 5. The first-order chi connectivity index (χ1) is 12.8. The summed E-state index contributed by atoms with van der Waals surface area (Å²) in [7, 11) is 1.89. The summed E-state index contributed by atoms with van der Waals surface area (Å²) >= 11 is 1.38. The lowest BCUT2D eigenvalue weighted by molar-refractivity contribution is -0.115. The van der Waals surface area contributed by atoms with Gasteiger partial charge in [-0.05, 0) is 51.8 Å². The molecule has 1 amide bonds. The number of carbonyl (C=O) groups is 1. The third kappa shape index (κ3) is 3.93. The molecule has 6 nitrogen and oxygen atoms in total. The third-order valence-electron chi connectivity index (χ3n) is 4.51. The summed E-state index contributed by atoms with van der Waals surface area (Å²) in [5.74, 6) is 1.46. The topological polar surface area (TPSA) is 73.0 Å². The second-order valence-electron chi connectivity index (χ2n) is 6.78. The monoisotopic (exact) mass is 384 g/mol. The van der Waals surface area contributed by atoms with Crippen LogP contribution in [0.3, 0.4) is 0 Å². The molecule has 1 atom stereocenters. The van der Waals surface area contributed by atoms with Crippen LogP contribution in [0, 0.1) is 27.7 Å². The number of hydrogen-bond donors (Lipinski definition) is 1. The molecule has 0 aliphatic heterocycles. The summed E-state index contributed by atoms with van der Waals surface area (Å²) in [5.41, 5.74) is 5.10. The van der Waals surface area contributed by atoms with Crippen LogP contribution >= 0.6 is 11.8 Å². The van der Waals surface area contributed by atoms with Gasteiger partial charge in [0.25, 0.3) is 0 Å². The number of furan rings is 1. The van der Waals surface area contributed by atoms with Gasteiger partial charge in [-0.25, -0.2) is 0 Å². The van der Waals surface area contributed by atoms with Gasteiger partial charge in [-0.2, -0.15) is 0 Å². The minimum atomic E-state index is -0.314. The van der Waals surface area contributed by atoms with Crippen LogP contribution < -0.4 is 5.32 Å². The van der Waals surface area contributed by atoms with Crippen molar-refractivity contribution in [3.63, 3.8) is 0 Å². The Bertz CT molecular complexity index is 967. The maximum atomic E-state index is 12.7. The van der Waals surface area contributed by atoms with Crippen LogP contribution in [-0.2, 0) is 11.8 Å². The number of nitrogens with one attached hydrogen (secondary N) is 1. The van der Waals surface area contributed by atoms with Gasteiger partial charge in [0.15, 0.2) is 11.0 Å². The summed E-state index contributed by atoms with van der Waals surface area (Å²) in [5, 5.41) is 11.9. The van der Waals surface area contributed by atoms with Gasteiger partial charge in [0.05, 0.1) is 17.1 Å². The van der Waals surface area contributed by atoms with Crippen molar-refractivity contribution in [2.75, 3.05) is 5.32 Å². The first-order valence-corrected chi connectivity index (χ1v) is 9.65. The standard InChI is InChI=1S/C20H24N4O2S/c1-11-9-12(2)17(13(3)10-11)21-19(25)15(5)27-20-23-22-18(24(20)6)16-7-8-26-14(16)4/h7-10,15H,1-6H3,(H,21,25). The molecule has 1 N–H and O–H groups in total. The van der Waals surface area contributed by atoms with Crippen molar-refractivity contribution >= 4 is 23.4 Å². The van der Waals surface area contributed by atoms with Gasteiger partial charge in [0.2, 0.25) is 5.91 Å². The van der Waals surface area contributed by atoms with Crippen LogP contribution in [0.25, 0.3) is 11.4 Å². The minimum absolute atomic E-state index is 0.0564. The molecule has 2 heterocycles. The van der Waals surface area contributed by atoms with Gasteiger partial charge in [-0.1, -0.05) is 29.5 Å². The van der Waals surface area contributed by atoms with E-state index in [2.05, 4.69) is 34.6 Å². The van der Waals surface area contributed by atoms with Crippen molar-refractivity contribution in [2.45, 2.75) is 45.0 Å². The summed E-state index contributed by atoms with van der Waals surface area (Å²) in [6.45, 7) is 9.83. The first kappa shape index (κ1) is 19.2. The smallest absolute Gasteiger partial charge is 0.237 e. The van der Waals surface area contributed by atoms with E-state index in [-0.39, 0.29) is 11.2 Å². The molecule has 1 unspecified atom stereocenters. The van der Waals surface area contributed by atoms with Crippen molar-refractivity contribution in [3.8, 4) is 11.4 Å². The number of thioether (sulfide) groups is 1. The molecule has 0 radical (unpaired) electrons. The Kier molecular flexibility index (Phi) is 5.41. The van der Waals surface area contributed by atoms with Gasteiger partial charge in [0.1, 0.15) is 5.76 Å². The second-order valence-corrected chi connectivity index (χ2v) is 8.09. The number of nitrogens with zero attached hydrogens (tertiary/aromatic N) is 3. The van der Waals surface area contributed by atoms with Crippen molar-refractivity contribution in [2.24, 2.45) is 7.05 Å². The fraction of sp³-hybridized carbons (Fsp3) is 0.350. The van der Waals surface area contributed by atoms with Gasteiger partial charge in [-0.3, -0.25) is 4.79 Å². The maximum Gasteiger partial charge on any atom is 0.237 e. The van der Waals surface area contributed by atoms with E-state index in [1.165, 1.54) is 17.3 Å². The highest BCUT2D eigenvalue weighted by Gasteiger charge is 2.21. The van der Waals surface area contributed by atoms with Crippen molar-refractivity contribution in [3.05, 3.63) is 46.9 Å². The van der Waals surface area contributed by atoms with Crippen LogP contribution in [0.4, 0.5) is 5.69 Å². The second kappa shape index (κ2) is 7.60. The predicted octanol–water partition coefficient (Wildman–Crippen LogP) is 4.43. The highest BCUT2D eigenvalue weighted by Crippen LogP contribution is 2.29. The Hall–Kier alpha value is -2.54. The Morgan fingerprint density at radius 1 is 1.19 bits per heavy atom. The maximum absolute atomic E-state index is 12.7. The third-order valence-corrected chi connectivity index (χ3v) is 5.65.